The molecule has 1 unspecified atom stereocenters. The van der Waals surface area contributed by atoms with E-state index in [1.807, 2.05) is 27.7 Å². The zero-order chi connectivity index (χ0) is 23.6. The number of amides is 2. The fourth-order valence-electron chi connectivity index (χ4n) is 4.44. The molecule has 31 heavy (non-hydrogen) atoms. The Kier molecular flexibility index (Phi) is 8.16. The summed E-state index contributed by atoms with van der Waals surface area (Å²) in [7, 11) is 3.13. The van der Waals surface area contributed by atoms with Crippen LogP contribution < -0.4 is 5.32 Å². The lowest BCUT2D eigenvalue weighted by molar-refractivity contribution is -0.227. The summed E-state index contributed by atoms with van der Waals surface area (Å²) in [5.41, 5.74) is 0.503. The fourth-order valence-corrected chi connectivity index (χ4v) is 4.44. The van der Waals surface area contributed by atoms with E-state index in [2.05, 4.69) is 11.4 Å². The number of rotatable bonds is 7. The molecule has 8 nitrogen and oxygen atoms in total. The highest BCUT2D eigenvalue weighted by atomic mass is 16.7. The van der Waals surface area contributed by atoms with Crippen LogP contribution in [0.4, 0.5) is 4.79 Å². The van der Waals surface area contributed by atoms with E-state index < -0.39 is 29.6 Å². The van der Waals surface area contributed by atoms with E-state index in [0.717, 1.165) is 5.57 Å². The number of methoxy groups -OCH3 is 2. The molecule has 2 saturated heterocycles. The summed E-state index contributed by atoms with van der Waals surface area (Å²) < 4.78 is 22.9. The highest BCUT2D eigenvalue weighted by Crippen LogP contribution is 2.42. The van der Waals surface area contributed by atoms with Gasteiger partial charge in [-0.05, 0) is 47.0 Å². The Morgan fingerprint density at radius 3 is 2.32 bits per heavy atom. The van der Waals surface area contributed by atoms with Gasteiger partial charge in [-0.1, -0.05) is 25.5 Å². The van der Waals surface area contributed by atoms with E-state index in [9.17, 15) is 9.59 Å². The van der Waals surface area contributed by atoms with Gasteiger partial charge in [-0.25, -0.2) is 4.79 Å². The number of allylic oxidation sites excluding steroid dienone is 1. The minimum atomic E-state index is -1.04. The molecule has 2 aliphatic heterocycles. The molecule has 0 aromatic rings. The van der Waals surface area contributed by atoms with Crippen LogP contribution in [-0.4, -0.2) is 73.8 Å². The van der Waals surface area contributed by atoms with Crippen molar-refractivity contribution in [1.82, 2.24) is 10.2 Å². The van der Waals surface area contributed by atoms with Crippen LogP contribution in [0.15, 0.2) is 11.6 Å². The zero-order valence-electron chi connectivity index (χ0n) is 20.5. The van der Waals surface area contributed by atoms with Crippen molar-refractivity contribution in [3.8, 4) is 0 Å². The Bertz CT molecular complexity index is 676. The first-order valence-electron chi connectivity index (χ1n) is 11.0. The van der Waals surface area contributed by atoms with E-state index in [-0.39, 0.29) is 30.5 Å². The van der Waals surface area contributed by atoms with Crippen LogP contribution in [-0.2, 0) is 23.7 Å². The third-order valence-electron chi connectivity index (χ3n) is 5.62. The lowest BCUT2D eigenvalue weighted by atomic mass is 9.97. The van der Waals surface area contributed by atoms with E-state index in [4.69, 9.17) is 18.9 Å². The number of fused-ring (bicyclic) bond motifs is 1. The lowest BCUT2D eigenvalue weighted by Gasteiger charge is -2.37. The van der Waals surface area contributed by atoms with Crippen molar-refractivity contribution >= 4 is 12.0 Å². The molecule has 2 aliphatic rings. The topological polar surface area (TPSA) is 86.3 Å². The second kappa shape index (κ2) is 9.88. The average molecular weight is 441 g/mol. The van der Waals surface area contributed by atoms with Gasteiger partial charge >= 0.3 is 6.09 Å². The number of nitrogens with one attached hydrogen (secondary N) is 1. The normalized spacial score (nSPS) is 25.9. The van der Waals surface area contributed by atoms with Gasteiger partial charge in [0.2, 0.25) is 11.7 Å². The molecule has 8 heteroatoms. The highest BCUT2D eigenvalue weighted by molar-refractivity contribution is 5.86. The van der Waals surface area contributed by atoms with Crippen molar-refractivity contribution in [2.45, 2.75) is 84.5 Å². The highest BCUT2D eigenvalue weighted by Gasteiger charge is 2.61. The molecule has 2 amide bonds. The number of alkyl carbamates (subject to hydrolysis) is 1. The maximum Gasteiger partial charge on any atom is 0.408 e. The van der Waals surface area contributed by atoms with Crippen LogP contribution in [0.3, 0.4) is 0 Å². The van der Waals surface area contributed by atoms with Crippen molar-refractivity contribution < 1.29 is 28.5 Å². The number of hydrogen-bond donors (Lipinski definition) is 1. The molecular weight excluding hydrogens is 400 g/mol. The molecule has 2 rings (SSSR count). The second-order valence-electron chi connectivity index (χ2n) is 10.2. The maximum atomic E-state index is 13.7. The smallest absolute Gasteiger partial charge is 0.408 e. The Balaban J connectivity index is 2.34. The first-order chi connectivity index (χ1) is 14.3. The van der Waals surface area contributed by atoms with Crippen molar-refractivity contribution in [3.63, 3.8) is 0 Å². The molecule has 0 saturated carbocycles. The maximum absolute atomic E-state index is 13.7. The summed E-state index contributed by atoms with van der Waals surface area (Å²) >= 11 is 0. The standard InChI is InChI=1S/C23H40N2O6/c1-14(2)10-16-12-25(19-18(16)30-13-23(19,28-8)29-9)20(26)17(11-15(3)4)24-21(27)31-22(5,6)7/h10,15-19H,11-13H2,1-9H3,(H,24,27)/t16-,17+,18?,19+/m1/s1. The van der Waals surface area contributed by atoms with Crippen LogP contribution in [0.5, 0.6) is 0 Å². The van der Waals surface area contributed by atoms with Gasteiger partial charge in [-0.3, -0.25) is 4.79 Å². The largest absolute Gasteiger partial charge is 0.444 e. The Labute approximate surface area is 186 Å². The van der Waals surface area contributed by atoms with E-state index >= 15 is 0 Å². The van der Waals surface area contributed by atoms with Crippen molar-refractivity contribution in [2.24, 2.45) is 11.8 Å². The Morgan fingerprint density at radius 1 is 1.23 bits per heavy atom. The average Bonchev–Trinajstić information content (AvgIpc) is 3.17. The van der Waals surface area contributed by atoms with Crippen LogP contribution in [0.1, 0.15) is 54.9 Å². The molecule has 2 fully saturated rings. The minimum Gasteiger partial charge on any atom is -0.444 e. The summed E-state index contributed by atoms with van der Waals surface area (Å²) in [4.78, 5) is 28.0. The number of ether oxygens (including phenoxy) is 4. The number of hydrogen-bond acceptors (Lipinski definition) is 6. The molecule has 4 atom stereocenters. The predicted molar refractivity (Wildman–Crippen MR) is 118 cm³/mol. The molecule has 0 aliphatic carbocycles. The molecule has 2 heterocycles. The van der Waals surface area contributed by atoms with Crippen molar-refractivity contribution in [1.29, 1.82) is 0 Å². The number of likely N-dealkylation sites (tertiary alicyclic amines) is 1. The van der Waals surface area contributed by atoms with Crippen molar-refractivity contribution in [3.05, 3.63) is 11.6 Å². The van der Waals surface area contributed by atoms with Crippen molar-refractivity contribution in [2.75, 3.05) is 27.4 Å². The SMILES string of the molecule is COC1(OC)COC2[C@H](C=C(C)C)CN(C(=O)[C@H](CC(C)C)NC(=O)OC(C)(C)C)[C@@H]21. The van der Waals surface area contributed by atoms with Gasteiger partial charge in [0.15, 0.2) is 0 Å². The second-order valence-corrected chi connectivity index (χ2v) is 10.2. The first-order valence-corrected chi connectivity index (χ1v) is 11.0. The van der Waals surface area contributed by atoms with E-state index in [0.29, 0.717) is 13.0 Å². The predicted octanol–water partition coefficient (Wildman–Crippen LogP) is 3.11. The summed E-state index contributed by atoms with van der Waals surface area (Å²) in [5, 5.41) is 2.79. The minimum absolute atomic E-state index is 0.0207. The fraction of sp³-hybridized carbons (Fsp3) is 0.826. The van der Waals surface area contributed by atoms with Crippen LogP contribution in [0, 0.1) is 11.8 Å². The van der Waals surface area contributed by atoms with Crippen LogP contribution in [0.2, 0.25) is 0 Å². The van der Waals surface area contributed by atoms with Crippen LogP contribution >= 0.6 is 0 Å². The lowest BCUT2D eigenvalue weighted by Crippen LogP contribution is -2.59. The van der Waals surface area contributed by atoms with Gasteiger partial charge in [-0.2, -0.15) is 0 Å². The van der Waals surface area contributed by atoms with Crippen LogP contribution in [0.25, 0.3) is 0 Å². The monoisotopic (exact) mass is 440 g/mol. The van der Waals surface area contributed by atoms with Gasteiger partial charge < -0.3 is 29.2 Å². The Hall–Kier alpha value is -1.64. The number of carbonyl (C=O) groups excluding carboxylic acids is 2. The molecule has 0 radical (unpaired) electrons. The number of carbonyl (C=O) groups is 2. The van der Waals surface area contributed by atoms with Gasteiger partial charge in [0, 0.05) is 26.7 Å². The van der Waals surface area contributed by atoms with E-state index in [1.165, 1.54) is 0 Å². The summed E-state index contributed by atoms with van der Waals surface area (Å²) in [6, 6.07) is -1.13. The molecule has 0 bridgehead atoms. The molecule has 1 N–H and O–H groups in total. The van der Waals surface area contributed by atoms with Gasteiger partial charge in [0.05, 0.1) is 6.10 Å². The third-order valence-corrected chi connectivity index (χ3v) is 5.62. The number of nitrogens with zero attached hydrogens (tertiary/aromatic N) is 1. The molecular formula is C23H40N2O6. The summed E-state index contributed by atoms with van der Waals surface area (Å²) in [6.45, 7) is 14.2. The Morgan fingerprint density at radius 2 is 1.84 bits per heavy atom. The molecule has 0 aromatic carbocycles. The summed E-state index contributed by atoms with van der Waals surface area (Å²) in [6.07, 6.45) is 1.79. The zero-order valence-corrected chi connectivity index (χ0v) is 20.5. The van der Waals surface area contributed by atoms with E-state index in [1.54, 1.807) is 39.9 Å². The van der Waals surface area contributed by atoms with Gasteiger partial charge in [0.1, 0.15) is 24.3 Å². The van der Waals surface area contributed by atoms with Gasteiger partial charge in [-0.15, -0.1) is 0 Å². The quantitative estimate of drug-likeness (QED) is 0.484. The molecule has 0 spiro atoms. The molecule has 178 valence electrons. The van der Waals surface area contributed by atoms with Gasteiger partial charge in [0.25, 0.3) is 0 Å². The first kappa shape index (κ1) is 25.6. The summed E-state index contributed by atoms with van der Waals surface area (Å²) in [5.74, 6) is -1.00. The third kappa shape index (κ3) is 5.99. The molecule has 0 aromatic heterocycles.